The van der Waals surface area contributed by atoms with Crippen molar-refractivity contribution in [3.63, 3.8) is 0 Å². The molecule has 0 saturated carbocycles. The number of Topliss-reactive ketones (excluding diaryl/α,β-unsaturated/α-hetero) is 1. The van der Waals surface area contributed by atoms with Gasteiger partial charge < -0.3 is 5.43 Å². The lowest BCUT2D eigenvalue weighted by Gasteiger charge is -2.24. The van der Waals surface area contributed by atoms with Gasteiger partial charge in [0.25, 0.3) is 0 Å². The number of allylic oxidation sites excluding steroid dienone is 2. The summed E-state index contributed by atoms with van der Waals surface area (Å²) in [5.74, 6) is 0.393. The minimum Gasteiger partial charge on any atom is -0.325 e. The van der Waals surface area contributed by atoms with Gasteiger partial charge in [-0.25, -0.2) is 5.43 Å². The van der Waals surface area contributed by atoms with Crippen LogP contribution in [0.15, 0.2) is 22.4 Å². The fourth-order valence-electron chi connectivity index (χ4n) is 2.60. The van der Waals surface area contributed by atoms with Crippen molar-refractivity contribution in [2.24, 2.45) is 0 Å². The van der Waals surface area contributed by atoms with Gasteiger partial charge in [-0.15, -0.1) is 0 Å². The molecule has 14 heavy (non-hydrogen) atoms. The zero-order chi connectivity index (χ0) is 9.54. The molecule has 0 fully saturated rings. The van der Waals surface area contributed by atoms with E-state index in [0.29, 0.717) is 5.78 Å². The maximum atomic E-state index is 11.7. The minimum atomic E-state index is 0.393. The molecule has 3 aliphatic rings. The Hall–Kier alpha value is -1.09. The van der Waals surface area contributed by atoms with Gasteiger partial charge in [0.15, 0.2) is 5.78 Å². The molecule has 0 amide bonds. The van der Waals surface area contributed by atoms with Gasteiger partial charge >= 0.3 is 0 Å². The van der Waals surface area contributed by atoms with Gasteiger partial charge in [0.05, 0.1) is 0 Å². The summed E-state index contributed by atoms with van der Waals surface area (Å²) in [7, 11) is 0. The van der Waals surface area contributed by atoms with E-state index in [4.69, 9.17) is 0 Å². The zero-order valence-electron chi connectivity index (χ0n) is 8.15. The van der Waals surface area contributed by atoms with Crippen molar-refractivity contribution in [2.45, 2.75) is 32.1 Å². The van der Waals surface area contributed by atoms with Gasteiger partial charge in [0.1, 0.15) is 0 Å². The van der Waals surface area contributed by atoms with E-state index >= 15 is 0 Å². The van der Waals surface area contributed by atoms with Crippen molar-refractivity contribution >= 4 is 5.78 Å². The molecule has 0 spiro atoms. The Morgan fingerprint density at radius 3 is 2.93 bits per heavy atom. The zero-order valence-corrected chi connectivity index (χ0v) is 8.15. The van der Waals surface area contributed by atoms with Crippen LogP contribution in [-0.4, -0.2) is 12.3 Å². The van der Waals surface area contributed by atoms with E-state index in [1.165, 1.54) is 16.8 Å². The van der Waals surface area contributed by atoms with E-state index in [1.807, 2.05) is 0 Å². The second-order valence-corrected chi connectivity index (χ2v) is 4.27. The lowest BCUT2D eigenvalue weighted by atomic mass is 9.81. The van der Waals surface area contributed by atoms with Gasteiger partial charge in [-0.2, -0.15) is 0 Å². The van der Waals surface area contributed by atoms with Gasteiger partial charge in [-0.3, -0.25) is 4.79 Å². The molecule has 0 radical (unpaired) electrons. The highest BCUT2D eigenvalue weighted by Crippen LogP contribution is 2.36. The van der Waals surface area contributed by atoms with Gasteiger partial charge in [0.2, 0.25) is 0 Å². The van der Waals surface area contributed by atoms with E-state index in [2.05, 4.69) is 10.9 Å². The average molecular weight is 190 g/mol. The largest absolute Gasteiger partial charge is 0.325 e. The smallest absolute Gasteiger partial charge is 0.159 e. The predicted molar refractivity (Wildman–Crippen MR) is 53.3 cm³/mol. The SMILES string of the molecule is O=C1CCCC2=C1CC1=C(C2)NNC1. The van der Waals surface area contributed by atoms with Crippen LogP contribution in [0.1, 0.15) is 32.1 Å². The summed E-state index contributed by atoms with van der Waals surface area (Å²) in [5, 5.41) is 0. The van der Waals surface area contributed by atoms with Crippen LogP contribution in [0.2, 0.25) is 0 Å². The standard InChI is InChI=1S/C11H14N2O/c14-11-3-1-2-7-5-10-8(4-9(7)11)6-12-13-10/h12-13H,1-6H2. The fraction of sp³-hybridized carbons (Fsp3) is 0.545. The molecule has 74 valence electrons. The molecule has 0 aromatic rings. The highest BCUT2D eigenvalue weighted by atomic mass is 16.1. The molecular formula is C11H14N2O. The van der Waals surface area contributed by atoms with Crippen LogP contribution in [0.5, 0.6) is 0 Å². The summed E-state index contributed by atoms with van der Waals surface area (Å²) < 4.78 is 0. The minimum absolute atomic E-state index is 0.393. The highest BCUT2D eigenvalue weighted by Gasteiger charge is 2.28. The topological polar surface area (TPSA) is 41.1 Å². The first kappa shape index (κ1) is 8.24. The van der Waals surface area contributed by atoms with Gasteiger partial charge in [-0.1, -0.05) is 5.57 Å². The third-order valence-electron chi connectivity index (χ3n) is 3.39. The van der Waals surface area contributed by atoms with E-state index in [0.717, 1.165) is 44.2 Å². The van der Waals surface area contributed by atoms with Crippen LogP contribution in [-0.2, 0) is 4.79 Å². The first-order chi connectivity index (χ1) is 6.84. The molecule has 0 aromatic carbocycles. The molecule has 3 heteroatoms. The first-order valence-corrected chi connectivity index (χ1v) is 5.28. The molecule has 3 rings (SSSR count). The Kier molecular flexibility index (Phi) is 1.74. The Bertz CT molecular complexity index is 365. The molecule has 0 bridgehead atoms. The van der Waals surface area contributed by atoms with Crippen LogP contribution in [0, 0.1) is 0 Å². The summed E-state index contributed by atoms with van der Waals surface area (Å²) in [4.78, 5) is 11.7. The molecule has 2 N–H and O–H groups in total. The summed E-state index contributed by atoms with van der Waals surface area (Å²) >= 11 is 0. The van der Waals surface area contributed by atoms with Crippen LogP contribution in [0.25, 0.3) is 0 Å². The number of ketones is 1. The Morgan fingerprint density at radius 1 is 1.07 bits per heavy atom. The third-order valence-corrected chi connectivity index (χ3v) is 3.39. The van der Waals surface area contributed by atoms with Crippen LogP contribution in [0.3, 0.4) is 0 Å². The monoisotopic (exact) mass is 190 g/mol. The fourth-order valence-corrected chi connectivity index (χ4v) is 2.60. The summed E-state index contributed by atoms with van der Waals surface area (Å²) in [6.45, 7) is 0.902. The van der Waals surface area contributed by atoms with E-state index in [9.17, 15) is 4.79 Å². The van der Waals surface area contributed by atoms with Crippen molar-refractivity contribution in [3.8, 4) is 0 Å². The quantitative estimate of drug-likeness (QED) is 0.603. The van der Waals surface area contributed by atoms with Crippen LogP contribution >= 0.6 is 0 Å². The highest BCUT2D eigenvalue weighted by molar-refractivity contribution is 5.97. The molecule has 0 unspecified atom stereocenters. The molecular weight excluding hydrogens is 176 g/mol. The number of nitrogens with one attached hydrogen (secondary N) is 2. The van der Waals surface area contributed by atoms with Crippen molar-refractivity contribution in [1.29, 1.82) is 0 Å². The summed E-state index contributed by atoms with van der Waals surface area (Å²) in [5.41, 5.74) is 11.5. The van der Waals surface area contributed by atoms with E-state index < -0.39 is 0 Å². The molecule has 1 aliphatic heterocycles. The maximum Gasteiger partial charge on any atom is 0.159 e. The van der Waals surface area contributed by atoms with Crippen molar-refractivity contribution in [2.75, 3.05) is 6.54 Å². The number of hydrogen-bond donors (Lipinski definition) is 2. The van der Waals surface area contributed by atoms with Crippen LogP contribution < -0.4 is 10.9 Å². The van der Waals surface area contributed by atoms with E-state index in [-0.39, 0.29) is 0 Å². The lowest BCUT2D eigenvalue weighted by molar-refractivity contribution is -0.116. The second-order valence-electron chi connectivity index (χ2n) is 4.27. The second kappa shape index (κ2) is 2.95. The van der Waals surface area contributed by atoms with E-state index in [1.54, 1.807) is 0 Å². The van der Waals surface area contributed by atoms with Crippen molar-refractivity contribution in [3.05, 3.63) is 22.4 Å². The van der Waals surface area contributed by atoms with Gasteiger partial charge in [-0.05, 0) is 24.0 Å². The van der Waals surface area contributed by atoms with Crippen LogP contribution in [0.4, 0.5) is 0 Å². The Balaban J connectivity index is 1.93. The number of hydrazine groups is 1. The molecule has 0 saturated heterocycles. The maximum absolute atomic E-state index is 11.7. The Labute approximate surface area is 83.2 Å². The summed E-state index contributed by atoms with van der Waals surface area (Å²) in [6, 6.07) is 0. The number of carbonyl (C=O) groups excluding carboxylic acids is 1. The molecule has 0 atom stereocenters. The normalized spacial score (nSPS) is 26.1. The number of carbonyl (C=O) groups is 1. The number of rotatable bonds is 0. The average Bonchev–Trinajstić information content (AvgIpc) is 2.62. The Morgan fingerprint density at radius 2 is 2.00 bits per heavy atom. The molecule has 2 aliphatic carbocycles. The van der Waals surface area contributed by atoms with Gasteiger partial charge in [0, 0.05) is 31.5 Å². The molecule has 0 aromatic heterocycles. The number of hydrogen-bond acceptors (Lipinski definition) is 3. The summed E-state index contributed by atoms with van der Waals surface area (Å²) in [6.07, 6.45) is 4.81. The molecule has 3 nitrogen and oxygen atoms in total. The lowest BCUT2D eigenvalue weighted by Crippen LogP contribution is -2.24. The third kappa shape index (κ3) is 1.12. The first-order valence-electron chi connectivity index (χ1n) is 5.28. The molecule has 1 heterocycles. The van der Waals surface area contributed by atoms with Crippen molar-refractivity contribution < 1.29 is 4.79 Å². The van der Waals surface area contributed by atoms with Crippen molar-refractivity contribution in [1.82, 2.24) is 10.9 Å². The predicted octanol–water partition coefficient (Wildman–Crippen LogP) is 1.19.